The highest BCUT2D eigenvalue weighted by atomic mass is 16.5. The first-order chi connectivity index (χ1) is 15.5. The van der Waals surface area contributed by atoms with Crippen LogP contribution in [0.4, 0.5) is 5.82 Å². The lowest BCUT2D eigenvalue weighted by Crippen LogP contribution is -2.42. The van der Waals surface area contributed by atoms with Crippen molar-refractivity contribution in [3.8, 4) is 34.3 Å². The van der Waals surface area contributed by atoms with E-state index < -0.39 is 0 Å². The lowest BCUT2D eigenvalue weighted by Gasteiger charge is -2.28. The Hall–Kier alpha value is -4.07. The molecule has 1 amide bonds. The number of pyridine rings is 1. The van der Waals surface area contributed by atoms with E-state index in [2.05, 4.69) is 4.98 Å². The highest BCUT2D eigenvalue weighted by Gasteiger charge is 2.29. The van der Waals surface area contributed by atoms with Crippen LogP contribution >= 0.6 is 0 Å². The number of hydrogen-bond donors (Lipinski definition) is 0. The minimum atomic E-state index is -0.342. The molecule has 164 valence electrons. The minimum absolute atomic E-state index is 0.157. The number of rotatable bonds is 7. The first-order valence-electron chi connectivity index (χ1n) is 9.88. The number of carbonyl (C=O) groups is 2. The summed E-state index contributed by atoms with van der Waals surface area (Å²) in [5, 5.41) is 0. The van der Waals surface area contributed by atoms with E-state index >= 15 is 0 Å². The zero-order valence-electron chi connectivity index (χ0n) is 18.0. The van der Waals surface area contributed by atoms with Gasteiger partial charge in [-0.2, -0.15) is 0 Å². The van der Waals surface area contributed by atoms with Gasteiger partial charge in [0.25, 0.3) is 5.91 Å². The van der Waals surface area contributed by atoms with E-state index in [1.807, 2.05) is 6.07 Å². The van der Waals surface area contributed by atoms with E-state index in [1.54, 1.807) is 62.8 Å². The van der Waals surface area contributed by atoms with Crippen molar-refractivity contribution in [2.45, 2.75) is 0 Å². The molecule has 0 fully saturated rings. The number of fused-ring (bicyclic) bond motifs is 1. The van der Waals surface area contributed by atoms with Gasteiger partial charge in [0.05, 0.1) is 33.6 Å². The molecule has 4 rings (SSSR count). The third-order valence-corrected chi connectivity index (χ3v) is 5.12. The van der Waals surface area contributed by atoms with Crippen molar-refractivity contribution in [2.75, 3.05) is 39.4 Å². The highest BCUT2D eigenvalue weighted by Crippen LogP contribution is 2.36. The summed E-state index contributed by atoms with van der Waals surface area (Å²) in [6, 6.07) is 15.8. The summed E-state index contributed by atoms with van der Waals surface area (Å²) in [5.74, 6) is 1.88. The minimum Gasteiger partial charge on any atom is -0.497 e. The standard InChI is InChI=1S/C24H22N2O6/c1-29-17-6-4-5-16(11-17)19(27)13-26-23(28)14-32-21-10-8-18(25-24(21)26)15-7-9-20(30-2)22(12-15)31-3/h4-12H,13-14H2,1-3H3. The summed E-state index contributed by atoms with van der Waals surface area (Å²) in [7, 11) is 4.65. The van der Waals surface area contributed by atoms with E-state index in [0.29, 0.717) is 40.1 Å². The number of ketones is 1. The Morgan fingerprint density at radius 2 is 1.81 bits per heavy atom. The average Bonchev–Trinajstić information content (AvgIpc) is 2.84. The van der Waals surface area contributed by atoms with Gasteiger partial charge in [-0.25, -0.2) is 4.98 Å². The molecule has 1 aromatic heterocycles. The van der Waals surface area contributed by atoms with E-state index in [9.17, 15) is 9.59 Å². The van der Waals surface area contributed by atoms with Crippen molar-refractivity contribution < 1.29 is 28.5 Å². The Kier molecular flexibility index (Phi) is 5.93. The lowest BCUT2D eigenvalue weighted by atomic mass is 10.1. The topological polar surface area (TPSA) is 87.2 Å². The second-order valence-electron chi connectivity index (χ2n) is 7.01. The molecule has 0 unspecified atom stereocenters. The normalized spacial score (nSPS) is 12.6. The van der Waals surface area contributed by atoms with Gasteiger partial charge in [0.15, 0.2) is 35.5 Å². The molecule has 0 radical (unpaired) electrons. The predicted molar refractivity (Wildman–Crippen MR) is 118 cm³/mol. The molecule has 2 aromatic carbocycles. The molecule has 0 saturated carbocycles. The molecule has 0 atom stereocenters. The SMILES string of the molecule is COc1cccc(C(=O)CN2C(=O)COc3ccc(-c4ccc(OC)c(OC)c4)nc32)c1. The molecule has 8 nitrogen and oxygen atoms in total. The second kappa shape index (κ2) is 8.97. The molecular formula is C24H22N2O6. The summed E-state index contributed by atoms with van der Waals surface area (Å²) < 4.78 is 21.4. The Bertz CT molecular complexity index is 1180. The Balaban J connectivity index is 1.67. The van der Waals surface area contributed by atoms with Gasteiger partial charge in [-0.3, -0.25) is 14.5 Å². The van der Waals surface area contributed by atoms with Gasteiger partial charge < -0.3 is 18.9 Å². The fourth-order valence-electron chi connectivity index (χ4n) is 3.43. The number of anilines is 1. The van der Waals surface area contributed by atoms with E-state index in [1.165, 1.54) is 12.0 Å². The quantitative estimate of drug-likeness (QED) is 0.527. The van der Waals surface area contributed by atoms with Gasteiger partial charge in [0.1, 0.15) is 5.75 Å². The molecule has 8 heteroatoms. The van der Waals surface area contributed by atoms with Crippen LogP contribution in [0.2, 0.25) is 0 Å². The molecule has 0 saturated heterocycles. The van der Waals surface area contributed by atoms with E-state index in [0.717, 1.165) is 5.56 Å². The van der Waals surface area contributed by atoms with Crippen LogP contribution in [0.3, 0.4) is 0 Å². The molecule has 0 spiro atoms. The lowest BCUT2D eigenvalue weighted by molar-refractivity contribution is -0.121. The van der Waals surface area contributed by atoms with Crippen molar-refractivity contribution in [1.82, 2.24) is 4.98 Å². The van der Waals surface area contributed by atoms with Crippen LogP contribution in [0.25, 0.3) is 11.3 Å². The van der Waals surface area contributed by atoms with Crippen LogP contribution in [0.15, 0.2) is 54.6 Å². The molecule has 32 heavy (non-hydrogen) atoms. The van der Waals surface area contributed by atoms with Crippen molar-refractivity contribution >= 4 is 17.5 Å². The Morgan fingerprint density at radius 1 is 1.00 bits per heavy atom. The van der Waals surface area contributed by atoms with Gasteiger partial charge >= 0.3 is 0 Å². The van der Waals surface area contributed by atoms with Gasteiger partial charge in [-0.05, 0) is 42.5 Å². The number of hydrogen-bond acceptors (Lipinski definition) is 7. The second-order valence-corrected chi connectivity index (χ2v) is 7.01. The maximum atomic E-state index is 12.9. The van der Waals surface area contributed by atoms with E-state index in [-0.39, 0.29) is 24.8 Å². The molecule has 1 aliphatic rings. The number of amides is 1. The Morgan fingerprint density at radius 3 is 2.56 bits per heavy atom. The number of benzene rings is 2. The summed E-state index contributed by atoms with van der Waals surface area (Å²) in [6.45, 7) is -0.319. The van der Waals surface area contributed by atoms with Crippen LogP contribution in [-0.4, -0.2) is 51.2 Å². The third kappa shape index (κ3) is 4.07. The van der Waals surface area contributed by atoms with Crippen LogP contribution < -0.4 is 23.8 Å². The van der Waals surface area contributed by atoms with Crippen LogP contribution in [-0.2, 0) is 4.79 Å². The summed E-state index contributed by atoms with van der Waals surface area (Å²) in [5.41, 5.74) is 1.81. The largest absolute Gasteiger partial charge is 0.497 e. The third-order valence-electron chi connectivity index (χ3n) is 5.12. The predicted octanol–water partition coefficient (Wildman–Crippen LogP) is 3.38. The molecule has 0 bridgehead atoms. The maximum absolute atomic E-state index is 12.9. The molecule has 0 aliphatic carbocycles. The van der Waals surface area contributed by atoms with Gasteiger partial charge in [-0.15, -0.1) is 0 Å². The smallest absolute Gasteiger partial charge is 0.266 e. The summed E-state index contributed by atoms with van der Waals surface area (Å²) in [4.78, 5) is 31.5. The van der Waals surface area contributed by atoms with Crippen LogP contribution in [0.5, 0.6) is 23.0 Å². The zero-order chi connectivity index (χ0) is 22.7. The number of aromatic nitrogens is 1. The fraction of sp³-hybridized carbons (Fsp3) is 0.208. The first kappa shape index (κ1) is 21.2. The maximum Gasteiger partial charge on any atom is 0.266 e. The van der Waals surface area contributed by atoms with Crippen molar-refractivity contribution in [2.24, 2.45) is 0 Å². The molecule has 3 aromatic rings. The first-order valence-corrected chi connectivity index (χ1v) is 9.88. The number of ether oxygens (including phenoxy) is 4. The number of methoxy groups -OCH3 is 3. The summed E-state index contributed by atoms with van der Waals surface area (Å²) >= 11 is 0. The number of nitrogens with zero attached hydrogens (tertiary/aromatic N) is 2. The monoisotopic (exact) mass is 434 g/mol. The zero-order valence-corrected chi connectivity index (χ0v) is 18.0. The van der Waals surface area contributed by atoms with Crippen LogP contribution in [0, 0.1) is 0 Å². The number of Topliss-reactive ketones (excluding diaryl/α,β-unsaturated/α-hetero) is 1. The van der Waals surface area contributed by atoms with Crippen molar-refractivity contribution in [1.29, 1.82) is 0 Å². The Labute approximate surface area is 185 Å². The molecule has 2 heterocycles. The average molecular weight is 434 g/mol. The molecule has 1 aliphatic heterocycles. The van der Waals surface area contributed by atoms with Gasteiger partial charge in [0.2, 0.25) is 0 Å². The van der Waals surface area contributed by atoms with E-state index in [4.69, 9.17) is 18.9 Å². The van der Waals surface area contributed by atoms with Crippen molar-refractivity contribution in [3.63, 3.8) is 0 Å². The summed E-state index contributed by atoms with van der Waals surface area (Å²) in [6.07, 6.45) is 0. The highest BCUT2D eigenvalue weighted by molar-refractivity contribution is 6.07. The number of carbonyl (C=O) groups excluding carboxylic acids is 2. The van der Waals surface area contributed by atoms with Crippen LogP contribution in [0.1, 0.15) is 10.4 Å². The molecular weight excluding hydrogens is 412 g/mol. The van der Waals surface area contributed by atoms with Crippen molar-refractivity contribution in [3.05, 3.63) is 60.2 Å². The molecule has 0 N–H and O–H groups in total. The van der Waals surface area contributed by atoms with Gasteiger partial charge in [0, 0.05) is 11.1 Å². The fourth-order valence-corrected chi connectivity index (χ4v) is 3.43. The van der Waals surface area contributed by atoms with Gasteiger partial charge in [-0.1, -0.05) is 12.1 Å².